The first-order valence-corrected chi connectivity index (χ1v) is 12.2. The number of fused-ring (bicyclic) bond motifs is 1. The first kappa shape index (κ1) is 23.7. The predicted molar refractivity (Wildman–Crippen MR) is 127 cm³/mol. The summed E-state index contributed by atoms with van der Waals surface area (Å²) >= 11 is 6.15. The summed E-state index contributed by atoms with van der Waals surface area (Å²) in [6, 6.07) is 17.2. The molecule has 32 heavy (non-hydrogen) atoms. The van der Waals surface area contributed by atoms with Gasteiger partial charge in [0.2, 0.25) is 15.9 Å². The van der Waals surface area contributed by atoms with Gasteiger partial charge in [-0.25, -0.2) is 8.42 Å². The Kier molecular flexibility index (Phi) is 7.48. The Labute approximate surface area is 192 Å². The maximum atomic E-state index is 12.7. The summed E-state index contributed by atoms with van der Waals surface area (Å²) in [7, 11) is -2.29. The van der Waals surface area contributed by atoms with Gasteiger partial charge in [-0.3, -0.25) is 9.10 Å². The molecule has 0 saturated heterocycles. The molecule has 3 rings (SSSR count). The van der Waals surface area contributed by atoms with Crippen LogP contribution >= 0.6 is 11.6 Å². The van der Waals surface area contributed by atoms with Gasteiger partial charge in [0.05, 0.1) is 30.6 Å². The zero-order valence-corrected chi connectivity index (χ0v) is 19.6. The average Bonchev–Trinajstić information content (AvgIpc) is 2.76. The zero-order valence-electron chi connectivity index (χ0n) is 18.0. The standard InChI is InChI=1S/C23H25ClN2O5S/c1-16(26(32(3,28)29)18-11-12-22(30-2)20(24)15-18)23(27)25-13-14-31-21-10-6-8-17-7-4-5-9-19(17)21/h4-12,15-16H,13-14H2,1-3H3,(H,25,27)/t16-/m1/s1. The van der Waals surface area contributed by atoms with E-state index in [0.717, 1.165) is 27.1 Å². The summed E-state index contributed by atoms with van der Waals surface area (Å²) in [6.45, 7) is 1.97. The maximum absolute atomic E-state index is 12.7. The Morgan fingerprint density at radius 2 is 1.81 bits per heavy atom. The van der Waals surface area contributed by atoms with E-state index in [1.54, 1.807) is 12.1 Å². The van der Waals surface area contributed by atoms with Crippen LogP contribution in [0.4, 0.5) is 5.69 Å². The molecule has 1 N–H and O–H groups in total. The molecule has 0 aliphatic rings. The molecule has 0 unspecified atom stereocenters. The van der Waals surface area contributed by atoms with Gasteiger partial charge in [-0.2, -0.15) is 0 Å². The lowest BCUT2D eigenvalue weighted by molar-refractivity contribution is -0.121. The number of nitrogens with one attached hydrogen (secondary N) is 1. The Hall–Kier alpha value is -2.97. The minimum atomic E-state index is -3.75. The van der Waals surface area contributed by atoms with Crippen LogP contribution in [-0.2, 0) is 14.8 Å². The molecular weight excluding hydrogens is 452 g/mol. The highest BCUT2D eigenvalue weighted by Crippen LogP contribution is 2.31. The van der Waals surface area contributed by atoms with Crippen molar-refractivity contribution in [2.45, 2.75) is 13.0 Å². The normalized spacial score (nSPS) is 12.2. The quantitative estimate of drug-likeness (QED) is 0.474. The molecule has 0 aromatic heterocycles. The zero-order chi connectivity index (χ0) is 23.3. The molecule has 0 aliphatic heterocycles. The Morgan fingerprint density at radius 1 is 1.09 bits per heavy atom. The molecular formula is C23H25ClN2O5S. The van der Waals surface area contributed by atoms with E-state index in [9.17, 15) is 13.2 Å². The van der Waals surface area contributed by atoms with Crippen molar-refractivity contribution >= 4 is 44.0 Å². The van der Waals surface area contributed by atoms with Gasteiger partial charge in [-0.1, -0.05) is 48.0 Å². The molecule has 3 aromatic rings. The van der Waals surface area contributed by atoms with Crippen LogP contribution in [0.25, 0.3) is 10.8 Å². The second kappa shape index (κ2) is 10.1. The van der Waals surface area contributed by atoms with Crippen LogP contribution in [0.3, 0.4) is 0 Å². The van der Waals surface area contributed by atoms with Crippen LogP contribution in [0, 0.1) is 0 Å². The average molecular weight is 477 g/mol. The lowest BCUT2D eigenvalue weighted by Gasteiger charge is -2.28. The van der Waals surface area contributed by atoms with E-state index in [1.165, 1.54) is 20.1 Å². The molecule has 0 aliphatic carbocycles. The predicted octanol–water partition coefficient (Wildman–Crippen LogP) is 3.85. The molecule has 0 bridgehead atoms. The third-order valence-electron chi connectivity index (χ3n) is 4.89. The van der Waals surface area contributed by atoms with Crippen molar-refractivity contribution in [1.82, 2.24) is 5.32 Å². The fourth-order valence-electron chi connectivity index (χ4n) is 3.41. The van der Waals surface area contributed by atoms with Crippen molar-refractivity contribution in [2.75, 3.05) is 30.8 Å². The van der Waals surface area contributed by atoms with Crippen LogP contribution in [0.5, 0.6) is 11.5 Å². The number of methoxy groups -OCH3 is 1. The van der Waals surface area contributed by atoms with Crippen molar-refractivity contribution < 1.29 is 22.7 Å². The number of rotatable bonds is 9. The van der Waals surface area contributed by atoms with Crippen LogP contribution in [0.1, 0.15) is 6.92 Å². The third-order valence-corrected chi connectivity index (χ3v) is 6.42. The smallest absolute Gasteiger partial charge is 0.243 e. The van der Waals surface area contributed by atoms with Crippen molar-refractivity contribution in [2.24, 2.45) is 0 Å². The van der Waals surface area contributed by atoms with Crippen LogP contribution in [0.2, 0.25) is 5.02 Å². The molecule has 0 heterocycles. The molecule has 1 amide bonds. The number of ether oxygens (including phenoxy) is 2. The number of anilines is 1. The molecule has 170 valence electrons. The third kappa shape index (κ3) is 5.44. The van der Waals surface area contributed by atoms with E-state index in [4.69, 9.17) is 21.1 Å². The number of hydrogen-bond donors (Lipinski definition) is 1. The van der Waals surface area contributed by atoms with E-state index in [1.807, 2.05) is 42.5 Å². The van der Waals surface area contributed by atoms with Gasteiger partial charge >= 0.3 is 0 Å². The minimum Gasteiger partial charge on any atom is -0.495 e. The summed E-state index contributed by atoms with van der Waals surface area (Å²) < 4.78 is 36.8. The minimum absolute atomic E-state index is 0.216. The number of hydrogen-bond acceptors (Lipinski definition) is 5. The first-order chi connectivity index (χ1) is 15.2. The fraction of sp³-hybridized carbons (Fsp3) is 0.261. The Morgan fingerprint density at radius 3 is 2.50 bits per heavy atom. The summed E-state index contributed by atoms with van der Waals surface area (Å²) in [4.78, 5) is 12.7. The molecule has 0 spiro atoms. The number of carbonyl (C=O) groups is 1. The van der Waals surface area contributed by atoms with E-state index in [-0.39, 0.29) is 23.9 Å². The lowest BCUT2D eigenvalue weighted by atomic mass is 10.1. The molecule has 7 nitrogen and oxygen atoms in total. The first-order valence-electron chi connectivity index (χ1n) is 9.93. The number of benzene rings is 3. The monoisotopic (exact) mass is 476 g/mol. The van der Waals surface area contributed by atoms with Gasteiger partial charge in [0.25, 0.3) is 0 Å². The summed E-state index contributed by atoms with van der Waals surface area (Å²) in [5, 5.41) is 5.02. The molecule has 9 heteroatoms. The van der Waals surface area contributed by atoms with Gasteiger partial charge < -0.3 is 14.8 Å². The number of amides is 1. The SMILES string of the molecule is COc1ccc(N([C@H](C)C(=O)NCCOc2cccc3ccccc23)S(C)(=O)=O)cc1Cl. The highest BCUT2D eigenvalue weighted by molar-refractivity contribution is 7.92. The van der Waals surface area contributed by atoms with Crippen LogP contribution < -0.4 is 19.1 Å². The van der Waals surface area contributed by atoms with Gasteiger partial charge in [-0.15, -0.1) is 0 Å². The number of nitrogens with zero attached hydrogens (tertiary/aromatic N) is 1. The van der Waals surface area contributed by atoms with Crippen molar-refractivity contribution in [3.8, 4) is 11.5 Å². The topological polar surface area (TPSA) is 84.9 Å². The van der Waals surface area contributed by atoms with Gasteiger partial charge in [0, 0.05) is 5.39 Å². The van der Waals surface area contributed by atoms with Crippen LogP contribution in [-0.4, -0.2) is 46.9 Å². The molecule has 3 aromatic carbocycles. The molecule has 0 saturated carbocycles. The Bertz CT molecular complexity index is 1210. The summed E-state index contributed by atoms with van der Waals surface area (Å²) in [5.41, 5.74) is 0.271. The highest BCUT2D eigenvalue weighted by Gasteiger charge is 2.29. The van der Waals surface area contributed by atoms with Crippen LogP contribution in [0.15, 0.2) is 60.7 Å². The maximum Gasteiger partial charge on any atom is 0.243 e. The van der Waals surface area contributed by atoms with Gasteiger partial charge in [-0.05, 0) is 36.6 Å². The molecule has 0 fully saturated rings. The molecule has 1 atom stereocenters. The number of carbonyl (C=O) groups excluding carboxylic acids is 1. The highest BCUT2D eigenvalue weighted by atomic mass is 35.5. The fourth-order valence-corrected chi connectivity index (χ4v) is 4.82. The second-order valence-electron chi connectivity index (χ2n) is 7.17. The Balaban J connectivity index is 1.65. The van der Waals surface area contributed by atoms with Gasteiger partial charge in [0.1, 0.15) is 24.1 Å². The van der Waals surface area contributed by atoms with Gasteiger partial charge in [0.15, 0.2) is 0 Å². The lowest BCUT2D eigenvalue weighted by Crippen LogP contribution is -2.48. The van der Waals surface area contributed by atoms with E-state index < -0.39 is 22.0 Å². The largest absolute Gasteiger partial charge is 0.495 e. The number of sulfonamides is 1. The summed E-state index contributed by atoms with van der Waals surface area (Å²) in [5.74, 6) is 0.673. The van der Waals surface area contributed by atoms with E-state index in [0.29, 0.717) is 5.75 Å². The van der Waals surface area contributed by atoms with E-state index in [2.05, 4.69) is 5.32 Å². The molecule has 0 radical (unpaired) electrons. The second-order valence-corrected chi connectivity index (χ2v) is 9.44. The van der Waals surface area contributed by atoms with Crippen molar-refractivity contribution in [3.05, 3.63) is 65.7 Å². The van der Waals surface area contributed by atoms with E-state index >= 15 is 0 Å². The van der Waals surface area contributed by atoms with Crippen molar-refractivity contribution in [1.29, 1.82) is 0 Å². The number of halogens is 1. The van der Waals surface area contributed by atoms with Crippen molar-refractivity contribution in [3.63, 3.8) is 0 Å². The summed E-state index contributed by atoms with van der Waals surface area (Å²) in [6.07, 6.45) is 1.04.